The lowest BCUT2D eigenvalue weighted by Gasteiger charge is -2.34. The van der Waals surface area contributed by atoms with Crippen molar-refractivity contribution in [1.29, 1.82) is 0 Å². The quantitative estimate of drug-likeness (QED) is 0.828. The SMILES string of the molecule is CC(C)(O)[C@H]1CCCN1CC(=O)N1N=C(c2cccs2)C[C@H]1c1cccs1. The molecule has 0 aliphatic carbocycles. The van der Waals surface area contributed by atoms with Gasteiger partial charge in [-0.25, -0.2) is 5.01 Å². The van der Waals surface area contributed by atoms with Crippen molar-refractivity contribution >= 4 is 34.3 Å². The molecule has 0 spiro atoms. The molecule has 2 aliphatic rings. The predicted molar refractivity (Wildman–Crippen MR) is 110 cm³/mol. The van der Waals surface area contributed by atoms with Gasteiger partial charge in [0.05, 0.1) is 28.8 Å². The molecule has 4 heterocycles. The number of thiophene rings is 2. The fraction of sp³-hybridized carbons (Fsp3) is 0.500. The lowest BCUT2D eigenvalue weighted by Crippen LogP contribution is -2.49. The van der Waals surface area contributed by atoms with Crippen LogP contribution in [0.15, 0.2) is 40.1 Å². The summed E-state index contributed by atoms with van der Waals surface area (Å²) in [6.07, 6.45) is 2.69. The minimum atomic E-state index is -0.805. The van der Waals surface area contributed by atoms with Crippen molar-refractivity contribution in [2.75, 3.05) is 13.1 Å². The van der Waals surface area contributed by atoms with Gasteiger partial charge in [-0.05, 0) is 56.1 Å². The number of hydrogen-bond donors (Lipinski definition) is 1. The number of rotatable bonds is 5. The third-order valence-electron chi connectivity index (χ3n) is 5.36. The Morgan fingerprint density at radius 1 is 1.30 bits per heavy atom. The first kappa shape index (κ1) is 18.8. The molecule has 2 aliphatic heterocycles. The number of carbonyl (C=O) groups excluding carboxylic acids is 1. The van der Waals surface area contributed by atoms with Gasteiger partial charge in [-0.3, -0.25) is 9.69 Å². The number of hydrazone groups is 1. The summed E-state index contributed by atoms with van der Waals surface area (Å²) in [5.74, 6) is 0.0103. The molecular weight excluding hydrogens is 378 g/mol. The molecule has 0 unspecified atom stereocenters. The van der Waals surface area contributed by atoms with Crippen molar-refractivity contribution in [3.63, 3.8) is 0 Å². The Kier molecular flexibility index (Phi) is 5.20. The normalized spacial score (nSPS) is 23.8. The van der Waals surface area contributed by atoms with E-state index in [1.165, 1.54) is 4.88 Å². The lowest BCUT2D eigenvalue weighted by molar-refractivity contribution is -0.135. The largest absolute Gasteiger partial charge is 0.389 e. The number of hydrogen-bond acceptors (Lipinski definition) is 6. The van der Waals surface area contributed by atoms with Crippen LogP contribution in [0.25, 0.3) is 0 Å². The third-order valence-corrected chi connectivity index (χ3v) is 7.25. The number of amides is 1. The molecule has 2 aromatic rings. The van der Waals surface area contributed by atoms with Crippen molar-refractivity contribution in [3.8, 4) is 0 Å². The molecule has 2 aromatic heterocycles. The Morgan fingerprint density at radius 3 is 2.74 bits per heavy atom. The molecule has 0 radical (unpaired) electrons. The predicted octanol–water partition coefficient (Wildman–Crippen LogP) is 3.72. The smallest absolute Gasteiger partial charge is 0.257 e. The molecule has 5 nitrogen and oxygen atoms in total. The second-order valence-corrected chi connectivity index (χ2v) is 9.71. The molecule has 2 atom stereocenters. The Balaban J connectivity index is 1.56. The Bertz CT molecular complexity index is 809. The van der Waals surface area contributed by atoms with Crippen molar-refractivity contribution in [2.24, 2.45) is 5.10 Å². The highest BCUT2D eigenvalue weighted by molar-refractivity contribution is 7.12. The lowest BCUT2D eigenvalue weighted by atomic mass is 9.97. The van der Waals surface area contributed by atoms with Crippen LogP contribution in [0.1, 0.15) is 48.9 Å². The van der Waals surface area contributed by atoms with Crippen LogP contribution in [0.3, 0.4) is 0 Å². The first-order chi connectivity index (χ1) is 12.9. The Hall–Kier alpha value is -1.54. The summed E-state index contributed by atoms with van der Waals surface area (Å²) in [4.78, 5) is 17.6. The minimum Gasteiger partial charge on any atom is -0.389 e. The van der Waals surface area contributed by atoms with Crippen LogP contribution < -0.4 is 0 Å². The van der Waals surface area contributed by atoms with E-state index in [1.54, 1.807) is 27.7 Å². The number of carbonyl (C=O) groups is 1. The van der Waals surface area contributed by atoms with Gasteiger partial charge in [0.15, 0.2) is 0 Å². The molecule has 144 valence electrons. The summed E-state index contributed by atoms with van der Waals surface area (Å²) < 4.78 is 0. The van der Waals surface area contributed by atoms with Gasteiger partial charge in [-0.1, -0.05) is 12.1 Å². The summed E-state index contributed by atoms with van der Waals surface area (Å²) >= 11 is 3.33. The summed E-state index contributed by atoms with van der Waals surface area (Å²) in [7, 11) is 0. The number of nitrogens with zero attached hydrogens (tertiary/aromatic N) is 3. The van der Waals surface area contributed by atoms with E-state index in [0.29, 0.717) is 6.54 Å². The maximum Gasteiger partial charge on any atom is 0.257 e. The van der Waals surface area contributed by atoms with Crippen LogP contribution in [0.4, 0.5) is 0 Å². The molecule has 4 rings (SSSR count). The second-order valence-electron chi connectivity index (χ2n) is 7.78. The monoisotopic (exact) mass is 403 g/mol. The third kappa shape index (κ3) is 3.87. The van der Waals surface area contributed by atoms with Crippen molar-refractivity contribution in [2.45, 2.75) is 50.8 Å². The van der Waals surface area contributed by atoms with Crippen LogP contribution >= 0.6 is 22.7 Å². The van der Waals surface area contributed by atoms with Crippen molar-refractivity contribution in [3.05, 3.63) is 44.8 Å². The van der Waals surface area contributed by atoms with Gasteiger partial charge in [-0.2, -0.15) is 5.10 Å². The average Bonchev–Trinajstić information content (AvgIpc) is 3.38. The van der Waals surface area contributed by atoms with Crippen LogP contribution in [-0.4, -0.2) is 51.4 Å². The van der Waals surface area contributed by atoms with Gasteiger partial charge in [-0.15, -0.1) is 22.7 Å². The van der Waals surface area contributed by atoms with E-state index in [9.17, 15) is 9.90 Å². The molecule has 7 heteroatoms. The molecule has 1 saturated heterocycles. The van der Waals surface area contributed by atoms with Crippen LogP contribution in [0, 0.1) is 0 Å². The molecular formula is C20H25N3O2S2. The summed E-state index contributed by atoms with van der Waals surface area (Å²) in [5.41, 5.74) is 0.178. The maximum atomic E-state index is 13.2. The zero-order valence-electron chi connectivity index (χ0n) is 15.7. The molecule has 1 amide bonds. The Morgan fingerprint density at radius 2 is 2.07 bits per heavy atom. The van der Waals surface area contributed by atoms with E-state index >= 15 is 0 Å². The van der Waals surface area contributed by atoms with Crippen LogP contribution in [0.2, 0.25) is 0 Å². The molecule has 1 N–H and O–H groups in total. The van der Waals surface area contributed by atoms with E-state index < -0.39 is 5.60 Å². The zero-order chi connectivity index (χ0) is 19.0. The summed E-state index contributed by atoms with van der Waals surface area (Å²) in [5, 5.41) is 20.9. The van der Waals surface area contributed by atoms with E-state index in [0.717, 1.165) is 36.4 Å². The van der Waals surface area contributed by atoms with Gasteiger partial charge in [0.2, 0.25) is 0 Å². The average molecular weight is 404 g/mol. The first-order valence-electron chi connectivity index (χ1n) is 9.37. The number of likely N-dealkylation sites (tertiary alicyclic amines) is 1. The first-order valence-corrected chi connectivity index (χ1v) is 11.1. The van der Waals surface area contributed by atoms with E-state index in [4.69, 9.17) is 5.10 Å². The molecule has 1 fully saturated rings. The van der Waals surface area contributed by atoms with Gasteiger partial charge < -0.3 is 5.11 Å². The molecule has 0 bridgehead atoms. The summed E-state index contributed by atoms with van der Waals surface area (Å²) in [6.45, 7) is 4.81. The van der Waals surface area contributed by atoms with Crippen molar-refractivity contribution in [1.82, 2.24) is 9.91 Å². The van der Waals surface area contributed by atoms with Gasteiger partial charge >= 0.3 is 0 Å². The fourth-order valence-electron chi connectivity index (χ4n) is 4.10. The highest BCUT2D eigenvalue weighted by Crippen LogP contribution is 2.36. The van der Waals surface area contributed by atoms with E-state index in [2.05, 4.69) is 17.0 Å². The zero-order valence-corrected chi connectivity index (χ0v) is 17.3. The fourth-order valence-corrected chi connectivity index (χ4v) is 5.63. The van der Waals surface area contributed by atoms with Gasteiger partial charge in [0.1, 0.15) is 0 Å². The standard InChI is InChI=1S/C20H25N3O2S2/c1-20(2,25)18-8-3-9-22(18)13-19(24)23-15(17-7-5-11-27-17)12-14(21-23)16-6-4-10-26-16/h4-7,10-11,15,18,25H,3,8-9,12-13H2,1-2H3/t15-,18+/m0/s1. The summed E-state index contributed by atoms with van der Waals surface area (Å²) in [6, 6.07) is 8.18. The van der Waals surface area contributed by atoms with Crippen molar-refractivity contribution < 1.29 is 9.90 Å². The molecule has 0 saturated carbocycles. The number of aliphatic hydroxyl groups is 1. The minimum absolute atomic E-state index is 0.0103. The molecule has 0 aromatic carbocycles. The Labute approximate surface area is 167 Å². The van der Waals surface area contributed by atoms with Gasteiger partial charge in [0.25, 0.3) is 5.91 Å². The highest BCUT2D eigenvalue weighted by Gasteiger charge is 2.39. The highest BCUT2D eigenvalue weighted by atomic mass is 32.1. The van der Waals surface area contributed by atoms with Crippen LogP contribution in [0.5, 0.6) is 0 Å². The van der Waals surface area contributed by atoms with E-state index in [-0.39, 0.29) is 18.0 Å². The van der Waals surface area contributed by atoms with Gasteiger partial charge in [0, 0.05) is 17.3 Å². The maximum absolute atomic E-state index is 13.2. The second kappa shape index (κ2) is 7.47. The topological polar surface area (TPSA) is 56.1 Å². The van der Waals surface area contributed by atoms with E-state index in [1.807, 2.05) is 36.7 Å². The van der Waals surface area contributed by atoms with Crippen LogP contribution in [-0.2, 0) is 4.79 Å². The molecule has 27 heavy (non-hydrogen) atoms.